The topological polar surface area (TPSA) is 295 Å². The van der Waals surface area contributed by atoms with Crippen LogP contribution in [0.25, 0.3) is 22.3 Å². The summed E-state index contributed by atoms with van der Waals surface area (Å²) in [5, 5.41) is 4.65. The van der Waals surface area contributed by atoms with Gasteiger partial charge in [-0.15, -0.1) is 11.8 Å². The molecule has 0 radical (unpaired) electrons. The van der Waals surface area contributed by atoms with Gasteiger partial charge >= 0.3 is 50.4 Å². The van der Waals surface area contributed by atoms with Gasteiger partial charge in [0.15, 0.2) is 28.8 Å². The lowest BCUT2D eigenvalue weighted by Crippen LogP contribution is -2.61. The molecule has 0 spiro atoms. The van der Waals surface area contributed by atoms with E-state index in [1.807, 2.05) is 100 Å². The van der Waals surface area contributed by atoms with Crippen LogP contribution in [0.4, 0.5) is 26.3 Å². The summed E-state index contributed by atoms with van der Waals surface area (Å²) in [6.45, 7) is 31.1. The highest BCUT2D eigenvalue weighted by atomic mass is 32.2. The molecule has 4 fully saturated rings. The fourth-order valence-corrected chi connectivity index (χ4v) is 18.0. The number of carbonyl (C=O) groups excluding carboxylic acids is 5. The first kappa shape index (κ1) is 107. The highest BCUT2D eigenvalue weighted by molar-refractivity contribution is 7.99. The van der Waals surface area contributed by atoms with Crippen LogP contribution >= 0.6 is 11.8 Å². The zero-order valence-corrected chi connectivity index (χ0v) is 79.0. The van der Waals surface area contributed by atoms with E-state index in [-0.39, 0.29) is 59.3 Å². The number of halogens is 6. The molecule has 706 valence electrons. The van der Waals surface area contributed by atoms with Gasteiger partial charge in [0.05, 0.1) is 23.5 Å². The van der Waals surface area contributed by atoms with Gasteiger partial charge in [-0.25, -0.2) is 13.2 Å². The lowest BCUT2D eigenvalue weighted by molar-refractivity contribution is -0.247. The van der Waals surface area contributed by atoms with Crippen LogP contribution in [-0.2, 0) is 63.2 Å². The van der Waals surface area contributed by atoms with Crippen molar-refractivity contribution in [2.75, 3.05) is 25.6 Å². The van der Waals surface area contributed by atoms with Crippen LogP contribution in [0.5, 0.6) is 28.7 Å². The average Bonchev–Trinajstić information content (AvgIpc) is 1.53. The van der Waals surface area contributed by atoms with Gasteiger partial charge in [0, 0.05) is 34.8 Å². The summed E-state index contributed by atoms with van der Waals surface area (Å²) < 4.78 is 180. The second-order valence-corrected chi connectivity index (χ2v) is 38.8. The maximum Gasteiger partial charge on any atom is 0.450 e. The lowest BCUT2D eigenvalue weighted by Gasteiger charge is -2.42. The number of hydrogen-bond donors (Lipinski definition) is 1. The highest BCUT2D eigenvalue weighted by Crippen LogP contribution is 2.65. The number of ketones is 1. The van der Waals surface area contributed by atoms with Crippen molar-refractivity contribution in [1.82, 2.24) is 0 Å². The van der Waals surface area contributed by atoms with Crippen LogP contribution in [-0.4, -0.2) is 116 Å². The van der Waals surface area contributed by atoms with Gasteiger partial charge in [0.2, 0.25) is 0 Å². The number of alkyl halides is 6. The molecule has 9 unspecified atom stereocenters. The quantitative estimate of drug-likeness (QED) is 0.00433. The number of rotatable bonds is 38. The minimum atomic E-state index is -7.39. The number of para-hydroxylation sites is 1. The molecule has 7 aromatic carbocycles. The van der Waals surface area contributed by atoms with Gasteiger partial charge in [-0.1, -0.05) is 204 Å². The summed E-state index contributed by atoms with van der Waals surface area (Å²) in [5.41, 5.74) is 6.07. The Bertz CT molecular complexity index is 4970. The van der Waals surface area contributed by atoms with E-state index in [2.05, 4.69) is 127 Å². The molecule has 0 aliphatic heterocycles. The molecule has 11 rings (SSSR count). The van der Waals surface area contributed by atoms with E-state index in [1.165, 1.54) is 43.2 Å². The van der Waals surface area contributed by atoms with E-state index < -0.39 is 77.8 Å². The van der Waals surface area contributed by atoms with E-state index in [0.29, 0.717) is 84.7 Å². The number of phenols is 1. The van der Waals surface area contributed by atoms with Crippen molar-refractivity contribution in [1.29, 1.82) is 5.26 Å². The third-order valence-corrected chi connectivity index (χ3v) is 28.7. The van der Waals surface area contributed by atoms with Crippen LogP contribution < -0.4 is 18.4 Å². The summed E-state index contributed by atoms with van der Waals surface area (Å²) >= 11 is 1.14. The molecule has 1 N–H and O–H groups in total. The molecule has 9 atom stereocenters. The van der Waals surface area contributed by atoms with Gasteiger partial charge in [0.1, 0.15) is 52.5 Å². The van der Waals surface area contributed by atoms with Crippen LogP contribution in [0.1, 0.15) is 247 Å². The number of nitriles is 1. The van der Waals surface area contributed by atoms with Crippen molar-refractivity contribution in [3.8, 4) is 57.1 Å². The molecule has 0 aromatic heterocycles. The summed E-state index contributed by atoms with van der Waals surface area (Å²) in [4.78, 5) is 61.0. The third kappa shape index (κ3) is 27.6. The maximum absolute atomic E-state index is 13.9. The number of aromatic hydroxyl groups is 1. The van der Waals surface area contributed by atoms with Gasteiger partial charge in [-0.3, -0.25) is 19.2 Å². The smallest absolute Gasteiger partial charge is 0.450 e. The minimum absolute atomic E-state index is 0.00262. The van der Waals surface area contributed by atoms with Gasteiger partial charge < -0.3 is 47.0 Å². The fraction of sp³-hybridized carbons (Fsp3) is 0.520. The van der Waals surface area contributed by atoms with Gasteiger partial charge in [-0.05, 0) is 241 Å². The number of phenolic OH excluding ortho intramolecular Hbond substituents is 1. The third-order valence-electron chi connectivity index (χ3n) is 25.4. The van der Waals surface area contributed by atoms with Crippen molar-refractivity contribution in [3.63, 3.8) is 0 Å². The minimum Gasteiger partial charge on any atom is -0.743 e. The molecule has 7 aromatic rings. The van der Waals surface area contributed by atoms with Crippen LogP contribution in [0.2, 0.25) is 0 Å². The Balaban J connectivity index is 0.000000233. The zero-order valence-electron chi connectivity index (χ0n) is 76.5. The number of esters is 4. The Hall–Kier alpha value is -9.47. The zero-order chi connectivity index (χ0) is 95.5. The van der Waals surface area contributed by atoms with E-state index in [9.17, 15) is 77.0 Å². The summed E-state index contributed by atoms with van der Waals surface area (Å²) in [7, 11) is -14.3. The van der Waals surface area contributed by atoms with Crippen molar-refractivity contribution >= 4 is 61.7 Å². The monoisotopic (exact) mass is 1850 g/mol. The van der Waals surface area contributed by atoms with Crippen LogP contribution in [0.3, 0.4) is 0 Å². The molecule has 0 saturated heterocycles. The first-order valence-corrected chi connectivity index (χ1v) is 48.3. The Kier molecular flexibility index (Phi) is 39.3. The molecule has 4 aliphatic carbocycles. The summed E-state index contributed by atoms with van der Waals surface area (Å²) in [6, 6.07) is 55.7. The number of hydrogen-bond acceptors (Lipinski definition) is 21. The Morgan fingerprint density at radius 3 is 1.57 bits per heavy atom. The number of benzene rings is 7. The van der Waals surface area contributed by atoms with E-state index >= 15 is 0 Å². The summed E-state index contributed by atoms with van der Waals surface area (Å²) in [6.07, 6.45) is 14.2. The van der Waals surface area contributed by atoms with E-state index in [0.717, 1.165) is 120 Å². The largest absolute Gasteiger partial charge is 0.743 e. The number of fused-ring (bicyclic) bond motifs is 1. The number of thioether (sulfide) groups is 1. The Morgan fingerprint density at radius 2 is 1.09 bits per heavy atom. The lowest BCUT2D eigenvalue weighted by atomic mass is 9.73. The molecule has 29 heteroatoms. The van der Waals surface area contributed by atoms with Crippen LogP contribution in [0, 0.1) is 51.2 Å². The SMILES string of the molecule is CCC(C)(C)C(=O)OC(CC)(CC)C1CCCCC1.CCC(C)(C)C(=O)OCC(=O)OC1C2CC3C1CC(=O)C3(C#N)C2.CCC(C)c1ccc(O)cc1.CCC(C)c1ccc(OC(=O)CCCSc2ccc(OS(=O)(=O)C(F)(F)C(F)(F)C(F)(F)S(=O)(=O)[O-])cc2)cc1.CCC(C)c1ccc(OC(C)OCCOc2c(-c3ccccc3)cccc2-c2ccccc2)cc1. The molecular weight excluding hydrogens is 1730 g/mol. The molecule has 4 aliphatic rings. The fourth-order valence-electron chi connectivity index (χ4n) is 15.8. The van der Waals surface area contributed by atoms with E-state index in [4.69, 9.17) is 38.3 Å². The van der Waals surface area contributed by atoms with Crippen molar-refractivity contribution in [2.24, 2.45) is 39.9 Å². The maximum atomic E-state index is 13.9. The molecule has 0 heterocycles. The normalized spacial score (nSPS) is 18.4. The Morgan fingerprint density at radius 1 is 0.597 bits per heavy atom. The standard InChI is InChI=1S/C32H34O3.C23H24F6O8S3.C18H23NO5.C17H32O2.C10H14O/c1-4-24(2)26-18-20-29(21-19-26)35-25(3)33-22-23-34-32-30(27-12-7-5-8-13-27)16-11-17-31(32)28-14-9-6-10-15-28;1-3-15(2)16-6-8-17(9-7-16)36-20(30)5-4-14-38-19-12-10-18(11-13-19)37-40(34,35)23(28,29)21(24,25)22(26,27)39(31,32)33;1-4-17(2,3)16(22)23-8-14(21)24-15-10-5-12-11(15)6-13(20)18(12,7-10)9-19;1-6-16(4,5)15(18)19-17(7-2,8-3)14-12-10-9-11-13-14;1-3-8(2)9-4-6-10(11)7-5-9/h5-21,24-25H,4,22-23H2,1-3H3;6-13,15H,3-5,14H2,1-2H3,(H,31,32,33);10-12,15H,4-8H2,1-3H3;14H,6-13H2,1-5H3;4-8,11H,3H2,1-2H3/p-1. The average molecular weight is 1860 g/mol. The van der Waals surface area contributed by atoms with Gasteiger partial charge in [-0.2, -0.15) is 40.0 Å². The van der Waals surface area contributed by atoms with Crippen molar-refractivity contribution in [2.45, 2.75) is 270 Å². The van der Waals surface area contributed by atoms with Gasteiger partial charge in [0.25, 0.3) is 0 Å². The van der Waals surface area contributed by atoms with Crippen molar-refractivity contribution < 1.29 is 114 Å². The second-order valence-electron chi connectivity index (χ2n) is 34.7. The number of Topliss-reactive ketones (excluding diaryl/α,β-unsaturated/α-hetero) is 1. The molecule has 129 heavy (non-hydrogen) atoms. The van der Waals surface area contributed by atoms with E-state index in [1.54, 1.807) is 38.1 Å². The predicted octanol–water partition coefficient (Wildman–Crippen LogP) is 24.1. The number of carbonyl (C=O) groups is 5. The first-order valence-electron chi connectivity index (χ1n) is 44.5. The van der Waals surface area contributed by atoms with Crippen LogP contribution in [0.15, 0.2) is 181 Å². The summed E-state index contributed by atoms with van der Waals surface area (Å²) in [5.74, 6) is -4.79. The molecule has 0 amide bonds. The van der Waals surface area contributed by atoms with Crippen molar-refractivity contribution in [3.05, 3.63) is 193 Å². The number of nitrogens with zero attached hydrogens (tertiary/aromatic N) is 1. The molecule has 4 saturated carbocycles. The number of ether oxygens (including phenoxy) is 7. The molecular formula is C100H126F6NO19S3-. The Labute approximate surface area is 761 Å². The molecule has 2 bridgehead atoms. The molecule has 20 nitrogen and oxygen atoms in total. The predicted molar refractivity (Wildman–Crippen MR) is 484 cm³/mol. The highest BCUT2D eigenvalue weighted by Gasteiger charge is 2.81. The first-order chi connectivity index (χ1) is 60.8. The second kappa shape index (κ2) is 47.6.